The first-order valence-electron chi connectivity index (χ1n) is 7.58. The van der Waals surface area contributed by atoms with E-state index in [-0.39, 0.29) is 30.1 Å². The van der Waals surface area contributed by atoms with Gasteiger partial charge in [-0.2, -0.15) is 0 Å². The number of thiocarbonyl (C=S) groups is 1. The zero-order chi connectivity index (χ0) is 19.3. The molecule has 2 rings (SSSR count). The molecular weight excluding hydrogens is 378 g/mol. The standard InChI is InChI=1S/C17H15NO6S2/c1-10(19)24-12-6-4-11(5-7-12)13(20)9-14-16(23)18(17(25)26-14)8-2-3-15(21)22/h4-7,9H,2-3,8H2,1H3,(H,21,22). The van der Waals surface area contributed by atoms with E-state index in [1.807, 2.05) is 0 Å². The number of carboxylic acids is 1. The fourth-order valence-electron chi connectivity index (χ4n) is 2.14. The van der Waals surface area contributed by atoms with Crippen molar-refractivity contribution in [1.82, 2.24) is 4.90 Å². The van der Waals surface area contributed by atoms with Gasteiger partial charge in [-0.3, -0.25) is 24.1 Å². The van der Waals surface area contributed by atoms with E-state index < -0.39 is 17.8 Å². The smallest absolute Gasteiger partial charge is 0.308 e. The van der Waals surface area contributed by atoms with E-state index in [1.54, 1.807) is 0 Å². The molecule has 1 aliphatic rings. The summed E-state index contributed by atoms with van der Waals surface area (Å²) in [4.78, 5) is 47.6. The molecule has 0 bridgehead atoms. The lowest BCUT2D eigenvalue weighted by molar-refractivity contribution is -0.137. The number of aliphatic carboxylic acids is 1. The van der Waals surface area contributed by atoms with E-state index in [9.17, 15) is 19.2 Å². The third-order valence-electron chi connectivity index (χ3n) is 3.31. The van der Waals surface area contributed by atoms with Crippen LogP contribution in [0.2, 0.25) is 0 Å². The van der Waals surface area contributed by atoms with Gasteiger partial charge in [0.25, 0.3) is 5.91 Å². The fraction of sp³-hybridized carbons (Fsp3) is 0.235. The second kappa shape index (κ2) is 8.72. The minimum atomic E-state index is -0.946. The number of hydrogen-bond acceptors (Lipinski definition) is 7. The molecule has 1 fully saturated rings. The summed E-state index contributed by atoms with van der Waals surface area (Å²) in [5.41, 5.74) is 0.331. The number of ether oxygens (including phenoxy) is 1. The Morgan fingerprint density at radius 1 is 1.27 bits per heavy atom. The highest BCUT2D eigenvalue weighted by Gasteiger charge is 2.32. The fourth-order valence-corrected chi connectivity index (χ4v) is 3.42. The van der Waals surface area contributed by atoms with Crippen molar-refractivity contribution in [2.45, 2.75) is 19.8 Å². The average Bonchev–Trinajstić information content (AvgIpc) is 2.82. The summed E-state index contributed by atoms with van der Waals surface area (Å²) in [6, 6.07) is 5.95. The van der Waals surface area contributed by atoms with Crippen LogP contribution in [-0.2, 0) is 14.4 Å². The van der Waals surface area contributed by atoms with E-state index >= 15 is 0 Å². The molecule has 1 N–H and O–H groups in total. The first kappa shape index (κ1) is 19.8. The van der Waals surface area contributed by atoms with Gasteiger partial charge in [0.2, 0.25) is 0 Å². The molecule has 0 unspecified atom stereocenters. The molecule has 0 spiro atoms. The van der Waals surface area contributed by atoms with E-state index in [4.69, 9.17) is 22.1 Å². The molecule has 1 aromatic carbocycles. The van der Waals surface area contributed by atoms with Crippen molar-refractivity contribution < 1.29 is 29.0 Å². The van der Waals surface area contributed by atoms with Gasteiger partial charge in [0.05, 0.1) is 4.91 Å². The Bertz CT molecular complexity index is 800. The van der Waals surface area contributed by atoms with Crippen LogP contribution in [0.3, 0.4) is 0 Å². The predicted octanol–water partition coefficient (Wildman–Crippen LogP) is 2.40. The van der Waals surface area contributed by atoms with Crippen LogP contribution in [0, 0.1) is 0 Å². The minimum Gasteiger partial charge on any atom is -0.481 e. The van der Waals surface area contributed by atoms with E-state index in [0.717, 1.165) is 11.8 Å². The lowest BCUT2D eigenvalue weighted by Crippen LogP contribution is -2.29. The Morgan fingerprint density at radius 2 is 1.92 bits per heavy atom. The van der Waals surface area contributed by atoms with Crippen LogP contribution in [0.4, 0.5) is 0 Å². The molecule has 0 saturated carbocycles. The number of thioether (sulfide) groups is 1. The van der Waals surface area contributed by atoms with Crippen LogP contribution in [0.1, 0.15) is 30.1 Å². The maximum atomic E-state index is 12.3. The number of allylic oxidation sites excluding steroid dienone is 1. The summed E-state index contributed by atoms with van der Waals surface area (Å²) in [6.45, 7) is 1.47. The number of benzene rings is 1. The highest BCUT2D eigenvalue weighted by Crippen LogP contribution is 2.31. The van der Waals surface area contributed by atoms with Gasteiger partial charge in [-0.15, -0.1) is 0 Å². The quantitative estimate of drug-likeness (QED) is 0.248. The highest BCUT2D eigenvalue weighted by atomic mass is 32.2. The molecule has 7 nitrogen and oxygen atoms in total. The molecule has 26 heavy (non-hydrogen) atoms. The number of rotatable bonds is 7. The maximum Gasteiger partial charge on any atom is 0.308 e. The maximum absolute atomic E-state index is 12.3. The predicted molar refractivity (Wildman–Crippen MR) is 98.9 cm³/mol. The average molecular weight is 393 g/mol. The number of ketones is 1. The van der Waals surface area contributed by atoms with Crippen molar-refractivity contribution in [1.29, 1.82) is 0 Å². The number of carbonyl (C=O) groups excluding carboxylic acids is 3. The zero-order valence-electron chi connectivity index (χ0n) is 13.8. The molecule has 0 aliphatic carbocycles. The van der Waals surface area contributed by atoms with Crippen LogP contribution >= 0.6 is 24.0 Å². The van der Waals surface area contributed by atoms with Gasteiger partial charge < -0.3 is 9.84 Å². The summed E-state index contributed by atoms with van der Waals surface area (Å²) in [5.74, 6) is -1.88. The Hall–Kier alpha value is -2.52. The Labute approximate surface area is 159 Å². The highest BCUT2D eigenvalue weighted by molar-refractivity contribution is 8.26. The van der Waals surface area contributed by atoms with Crippen LogP contribution in [0.15, 0.2) is 35.2 Å². The largest absolute Gasteiger partial charge is 0.481 e. The van der Waals surface area contributed by atoms with Crippen molar-refractivity contribution in [2.75, 3.05) is 6.54 Å². The van der Waals surface area contributed by atoms with Crippen molar-refractivity contribution in [2.24, 2.45) is 0 Å². The summed E-state index contributed by atoms with van der Waals surface area (Å²) >= 11 is 6.13. The van der Waals surface area contributed by atoms with Gasteiger partial charge in [-0.25, -0.2) is 0 Å². The first-order chi connectivity index (χ1) is 12.3. The molecule has 1 saturated heterocycles. The third-order valence-corrected chi connectivity index (χ3v) is 4.69. The molecule has 1 aromatic rings. The molecule has 1 heterocycles. The van der Waals surface area contributed by atoms with Crippen molar-refractivity contribution in [3.8, 4) is 5.75 Å². The van der Waals surface area contributed by atoms with Gasteiger partial charge in [0, 0.05) is 31.5 Å². The lowest BCUT2D eigenvalue weighted by Gasteiger charge is -2.13. The lowest BCUT2D eigenvalue weighted by atomic mass is 10.1. The Balaban J connectivity index is 2.05. The molecule has 1 amide bonds. The number of nitrogens with zero attached hydrogens (tertiary/aromatic N) is 1. The van der Waals surface area contributed by atoms with E-state index in [0.29, 0.717) is 15.6 Å². The number of carbonyl (C=O) groups is 4. The molecule has 136 valence electrons. The van der Waals surface area contributed by atoms with E-state index in [2.05, 4.69) is 0 Å². The minimum absolute atomic E-state index is 0.0658. The third kappa shape index (κ3) is 5.24. The van der Waals surface area contributed by atoms with Crippen molar-refractivity contribution >= 4 is 51.9 Å². The van der Waals surface area contributed by atoms with E-state index in [1.165, 1.54) is 42.2 Å². The molecule has 9 heteroatoms. The van der Waals surface area contributed by atoms with Crippen molar-refractivity contribution in [3.05, 3.63) is 40.8 Å². The molecule has 0 atom stereocenters. The SMILES string of the molecule is CC(=O)Oc1ccc(C(=O)C=C2SC(=S)N(CCCC(=O)O)C2=O)cc1. The van der Waals surface area contributed by atoms with Gasteiger partial charge in [-0.1, -0.05) is 24.0 Å². The summed E-state index contributed by atoms with van der Waals surface area (Å²) in [6.07, 6.45) is 1.42. The molecule has 1 aliphatic heterocycles. The molecule has 0 radical (unpaired) electrons. The number of esters is 1. The normalized spacial score (nSPS) is 15.4. The topological polar surface area (TPSA) is 101 Å². The Kier molecular flexibility index (Phi) is 6.64. The number of carboxylic acid groups (broad SMARTS) is 1. The number of hydrogen-bond donors (Lipinski definition) is 1. The number of amides is 1. The summed E-state index contributed by atoms with van der Waals surface area (Å²) in [7, 11) is 0. The first-order valence-corrected chi connectivity index (χ1v) is 8.80. The van der Waals surface area contributed by atoms with Crippen LogP contribution in [0.5, 0.6) is 5.75 Å². The second-order valence-corrected chi connectivity index (χ2v) is 6.99. The van der Waals surface area contributed by atoms with Crippen molar-refractivity contribution in [3.63, 3.8) is 0 Å². The second-order valence-electron chi connectivity index (χ2n) is 5.31. The summed E-state index contributed by atoms with van der Waals surface area (Å²) in [5, 5.41) is 8.66. The summed E-state index contributed by atoms with van der Waals surface area (Å²) < 4.78 is 5.19. The van der Waals surface area contributed by atoms with Gasteiger partial charge >= 0.3 is 11.9 Å². The molecular formula is C17H15NO6S2. The van der Waals surface area contributed by atoms with Gasteiger partial charge in [0.15, 0.2) is 5.78 Å². The Morgan fingerprint density at radius 3 is 2.50 bits per heavy atom. The van der Waals surface area contributed by atoms with Crippen LogP contribution in [0.25, 0.3) is 0 Å². The monoisotopic (exact) mass is 393 g/mol. The zero-order valence-corrected chi connectivity index (χ0v) is 15.4. The van der Waals surface area contributed by atoms with Gasteiger partial charge in [0.1, 0.15) is 10.1 Å². The van der Waals surface area contributed by atoms with Crippen LogP contribution < -0.4 is 4.74 Å². The molecule has 0 aromatic heterocycles. The van der Waals surface area contributed by atoms with Gasteiger partial charge in [-0.05, 0) is 30.7 Å². The van der Waals surface area contributed by atoms with Crippen LogP contribution in [-0.4, -0.2) is 44.5 Å².